The summed E-state index contributed by atoms with van der Waals surface area (Å²) in [5, 5.41) is 9.66. The van der Waals surface area contributed by atoms with E-state index in [1.165, 1.54) is 0 Å². The molecule has 1 amide bonds. The summed E-state index contributed by atoms with van der Waals surface area (Å²) in [6.07, 6.45) is 0. The second-order valence-corrected chi connectivity index (χ2v) is 7.14. The van der Waals surface area contributed by atoms with Crippen LogP contribution in [0.25, 0.3) is 0 Å². The Labute approximate surface area is 156 Å². The summed E-state index contributed by atoms with van der Waals surface area (Å²) in [7, 11) is 0. The van der Waals surface area contributed by atoms with Crippen LogP contribution >= 0.6 is 15.9 Å². The van der Waals surface area contributed by atoms with E-state index in [1.807, 2.05) is 60.4 Å². The van der Waals surface area contributed by atoms with E-state index in [-0.39, 0.29) is 11.9 Å². The van der Waals surface area contributed by atoms with Gasteiger partial charge in [0.1, 0.15) is 6.04 Å². The van der Waals surface area contributed by atoms with Gasteiger partial charge in [-0.15, -0.1) is 0 Å². The van der Waals surface area contributed by atoms with Crippen LogP contribution in [0.5, 0.6) is 0 Å². The number of hydrogen-bond acceptors (Lipinski definition) is 3. The minimum atomic E-state index is -0.258. The molecule has 1 saturated heterocycles. The zero-order chi connectivity index (χ0) is 17.8. The second kappa shape index (κ2) is 7.81. The van der Waals surface area contributed by atoms with E-state index in [1.54, 1.807) is 0 Å². The summed E-state index contributed by atoms with van der Waals surface area (Å²) in [5.41, 5.74) is 2.88. The molecule has 0 saturated carbocycles. The normalized spacial score (nSPS) is 16.3. The van der Waals surface area contributed by atoms with Crippen LogP contribution in [0, 0.1) is 18.3 Å². The molecule has 0 aliphatic carbocycles. The highest BCUT2D eigenvalue weighted by Gasteiger charge is 2.28. The van der Waals surface area contributed by atoms with E-state index in [9.17, 15) is 10.1 Å². The molecule has 2 aromatic rings. The number of rotatable bonds is 3. The molecule has 1 atom stereocenters. The third-order valence-electron chi connectivity index (χ3n) is 4.66. The van der Waals surface area contributed by atoms with Crippen LogP contribution in [0.4, 0.5) is 0 Å². The molecule has 2 aromatic carbocycles. The molecule has 25 heavy (non-hydrogen) atoms. The van der Waals surface area contributed by atoms with Crippen LogP contribution in [0.2, 0.25) is 0 Å². The fourth-order valence-electron chi connectivity index (χ4n) is 3.20. The minimum Gasteiger partial charge on any atom is -0.336 e. The number of nitrogens with zero attached hydrogens (tertiary/aromatic N) is 3. The molecule has 4 nitrogen and oxygen atoms in total. The van der Waals surface area contributed by atoms with Gasteiger partial charge >= 0.3 is 0 Å². The molecule has 1 heterocycles. The number of hydrogen-bond donors (Lipinski definition) is 0. The first kappa shape index (κ1) is 17.7. The maximum atomic E-state index is 12.6. The number of halogens is 1. The first-order chi connectivity index (χ1) is 12.1. The predicted molar refractivity (Wildman–Crippen MR) is 101 cm³/mol. The summed E-state index contributed by atoms with van der Waals surface area (Å²) in [4.78, 5) is 16.6. The first-order valence-corrected chi connectivity index (χ1v) is 9.13. The van der Waals surface area contributed by atoms with Crippen LogP contribution in [0.15, 0.2) is 53.0 Å². The molecule has 1 fully saturated rings. The van der Waals surface area contributed by atoms with Gasteiger partial charge in [0.05, 0.1) is 6.07 Å². The Morgan fingerprint density at radius 3 is 2.32 bits per heavy atom. The van der Waals surface area contributed by atoms with Crippen molar-refractivity contribution < 1.29 is 4.79 Å². The SMILES string of the molecule is Cc1ccccc1C(C#N)N1CCN(C(=O)c2ccc(Br)cc2)CC1. The van der Waals surface area contributed by atoms with Gasteiger partial charge in [0.25, 0.3) is 5.91 Å². The van der Waals surface area contributed by atoms with Crippen molar-refractivity contribution in [2.45, 2.75) is 13.0 Å². The Bertz CT molecular complexity index is 789. The Hall–Kier alpha value is -2.16. The van der Waals surface area contributed by atoms with Gasteiger partial charge in [-0.25, -0.2) is 0 Å². The van der Waals surface area contributed by atoms with Crippen molar-refractivity contribution in [3.63, 3.8) is 0 Å². The molecule has 0 N–H and O–H groups in total. The Kier molecular flexibility index (Phi) is 5.52. The lowest BCUT2D eigenvalue weighted by Gasteiger charge is -2.37. The topological polar surface area (TPSA) is 47.3 Å². The molecule has 0 aromatic heterocycles. The third-order valence-corrected chi connectivity index (χ3v) is 5.19. The highest BCUT2D eigenvalue weighted by molar-refractivity contribution is 9.10. The van der Waals surface area contributed by atoms with Crippen LogP contribution in [-0.2, 0) is 0 Å². The number of carbonyl (C=O) groups is 1. The summed E-state index contributed by atoms with van der Waals surface area (Å²) in [6.45, 7) is 4.72. The van der Waals surface area contributed by atoms with Gasteiger partial charge in [-0.05, 0) is 42.3 Å². The fourth-order valence-corrected chi connectivity index (χ4v) is 3.46. The number of piperazine rings is 1. The molecule has 0 spiro atoms. The van der Waals surface area contributed by atoms with Crippen LogP contribution in [-0.4, -0.2) is 41.9 Å². The summed E-state index contributed by atoms with van der Waals surface area (Å²) >= 11 is 3.39. The maximum Gasteiger partial charge on any atom is 0.253 e. The van der Waals surface area contributed by atoms with Gasteiger partial charge in [0.15, 0.2) is 0 Å². The molecular formula is C20H20BrN3O. The van der Waals surface area contributed by atoms with Crippen molar-refractivity contribution in [2.24, 2.45) is 0 Å². The van der Waals surface area contributed by atoms with E-state index in [4.69, 9.17) is 0 Å². The minimum absolute atomic E-state index is 0.0524. The molecular weight excluding hydrogens is 378 g/mol. The zero-order valence-electron chi connectivity index (χ0n) is 14.2. The van der Waals surface area contributed by atoms with Crippen LogP contribution in [0.1, 0.15) is 27.5 Å². The quantitative estimate of drug-likeness (QED) is 0.791. The Balaban J connectivity index is 1.67. The van der Waals surface area contributed by atoms with Crippen molar-refractivity contribution in [1.29, 1.82) is 5.26 Å². The number of benzene rings is 2. The standard InChI is InChI=1S/C20H20BrN3O/c1-15-4-2-3-5-18(15)19(14-22)23-10-12-24(13-11-23)20(25)16-6-8-17(21)9-7-16/h2-9,19H,10-13H2,1H3. The van der Waals surface area contributed by atoms with Gasteiger partial charge < -0.3 is 4.90 Å². The highest BCUT2D eigenvalue weighted by atomic mass is 79.9. The zero-order valence-corrected chi connectivity index (χ0v) is 15.7. The number of nitriles is 1. The average molecular weight is 398 g/mol. The highest BCUT2D eigenvalue weighted by Crippen LogP contribution is 2.24. The van der Waals surface area contributed by atoms with Crippen molar-refractivity contribution in [1.82, 2.24) is 9.80 Å². The summed E-state index contributed by atoms with van der Waals surface area (Å²) < 4.78 is 0.962. The lowest BCUT2D eigenvalue weighted by molar-refractivity contribution is 0.0606. The summed E-state index contributed by atoms with van der Waals surface area (Å²) in [5.74, 6) is 0.0524. The molecule has 1 aliphatic heterocycles. The van der Waals surface area contributed by atoms with Gasteiger partial charge in [-0.2, -0.15) is 5.26 Å². The van der Waals surface area contributed by atoms with Crippen LogP contribution in [0.3, 0.4) is 0 Å². The second-order valence-electron chi connectivity index (χ2n) is 6.22. The number of carbonyl (C=O) groups excluding carboxylic acids is 1. The predicted octanol–water partition coefficient (Wildman–Crippen LogP) is 3.78. The Morgan fingerprint density at radius 1 is 1.08 bits per heavy atom. The third kappa shape index (κ3) is 3.92. The van der Waals surface area contributed by atoms with Crippen molar-refractivity contribution in [3.05, 3.63) is 69.7 Å². The van der Waals surface area contributed by atoms with Crippen LogP contribution < -0.4 is 0 Å². The van der Waals surface area contributed by atoms with E-state index in [2.05, 4.69) is 26.9 Å². The lowest BCUT2D eigenvalue weighted by Crippen LogP contribution is -2.49. The number of aryl methyl sites for hydroxylation is 1. The van der Waals surface area contributed by atoms with Gasteiger partial charge in [-0.1, -0.05) is 40.2 Å². The van der Waals surface area contributed by atoms with Gasteiger partial charge in [-0.3, -0.25) is 9.69 Å². The van der Waals surface area contributed by atoms with E-state index in [0.717, 1.165) is 15.6 Å². The fraction of sp³-hybridized carbons (Fsp3) is 0.300. The number of amides is 1. The van der Waals surface area contributed by atoms with Crippen molar-refractivity contribution in [3.8, 4) is 6.07 Å². The molecule has 1 unspecified atom stereocenters. The monoisotopic (exact) mass is 397 g/mol. The molecule has 128 valence electrons. The van der Waals surface area contributed by atoms with Gasteiger partial charge in [0, 0.05) is 36.2 Å². The summed E-state index contributed by atoms with van der Waals surface area (Å²) in [6, 6.07) is 17.6. The molecule has 5 heteroatoms. The smallest absolute Gasteiger partial charge is 0.253 e. The molecule has 0 bridgehead atoms. The molecule has 0 radical (unpaired) electrons. The van der Waals surface area contributed by atoms with E-state index < -0.39 is 0 Å². The average Bonchev–Trinajstić information content (AvgIpc) is 2.64. The molecule has 3 rings (SSSR count). The molecule has 1 aliphatic rings. The maximum absolute atomic E-state index is 12.6. The van der Waals surface area contributed by atoms with Crippen molar-refractivity contribution >= 4 is 21.8 Å². The lowest BCUT2D eigenvalue weighted by atomic mass is 10.0. The Morgan fingerprint density at radius 2 is 1.72 bits per heavy atom. The largest absolute Gasteiger partial charge is 0.336 e. The van der Waals surface area contributed by atoms with E-state index >= 15 is 0 Å². The first-order valence-electron chi connectivity index (χ1n) is 8.34. The van der Waals surface area contributed by atoms with Gasteiger partial charge in [0.2, 0.25) is 0 Å². The van der Waals surface area contributed by atoms with E-state index in [0.29, 0.717) is 31.7 Å². The van der Waals surface area contributed by atoms with Crippen molar-refractivity contribution in [2.75, 3.05) is 26.2 Å².